The first-order valence-electron chi connectivity index (χ1n) is 5.48. The van der Waals surface area contributed by atoms with Crippen LogP contribution in [0.15, 0.2) is 27.7 Å². The highest BCUT2D eigenvalue weighted by atomic mass is 32.2. The molecule has 2 aromatic heterocycles. The van der Waals surface area contributed by atoms with E-state index < -0.39 is 10.0 Å². The summed E-state index contributed by atoms with van der Waals surface area (Å²) in [5, 5.41) is 3.67. The van der Waals surface area contributed by atoms with Crippen molar-refractivity contribution < 1.29 is 12.9 Å². The van der Waals surface area contributed by atoms with E-state index in [0.717, 1.165) is 0 Å². The van der Waals surface area contributed by atoms with Gasteiger partial charge >= 0.3 is 0 Å². The summed E-state index contributed by atoms with van der Waals surface area (Å²) >= 11 is 0. The highest BCUT2D eigenvalue weighted by molar-refractivity contribution is 7.89. The normalized spacial score (nSPS) is 11.6. The van der Waals surface area contributed by atoms with E-state index in [1.165, 1.54) is 18.3 Å². The monoisotopic (exact) mass is 283 g/mol. The first kappa shape index (κ1) is 13.4. The van der Waals surface area contributed by atoms with E-state index in [-0.39, 0.29) is 17.3 Å². The molecule has 0 spiro atoms. The number of aryl methyl sites for hydroxylation is 1. The second-order valence-corrected chi connectivity index (χ2v) is 5.50. The minimum Gasteiger partial charge on any atom is -0.383 e. The number of pyridine rings is 1. The molecule has 3 N–H and O–H groups in total. The number of nitrogens with two attached hydrogens (primary N) is 1. The Kier molecular flexibility index (Phi) is 3.76. The lowest BCUT2D eigenvalue weighted by Gasteiger charge is -2.06. The zero-order valence-electron chi connectivity index (χ0n) is 10.2. The number of nitrogens with one attached hydrogen (secondary N) is 1. The van der Waals surface area contributed by atoms with Gasteiger partial charge in [0.05, 0.1) is 0 Å². The van der Waals surface area contributed by atoms with Gasteiger partial charge < -0.3 is 10.3 Å². The summed E-state index contributed by atoms with van der Waals surface area (Å²) in [6.45, 7) is 1.81. The first-order chi connectivity index (χ1) is 8.99. The number of hydrogen-bond acceptors (Lipinski definition) is 7. The molecule has 2 aromatic rings. The Bertz CT molecular complexity index is 667. The van der Waals surface area contributed by atoms with Crippen molar-refractivity contribution >= 4 is 15.8 Å². The van der Waals surface area contributed by atoms with Crippen molar-refractivity contribution in [2.45, 2.75) is 18.2 Å². The van der Waals surface area contributed by atoms with Gasteiger partial charge in [0.1, 0.15) is 10.7 Å². The Labute approximate surface area is 110 Å². The van der Waals surface area contributed by atoms with Crippen molar-refractivity contribution in [1.29, 1.82) is 0 Å². The molecule has 0 amide bonds. The molecule has 19 heavy (non-hydrogen) atoms. The van der Waals surface area contributed by atoms with E-state index in [9.17, 15) is 8.42 Å². The van der Waals surface area contributed by atoms with Crippen LogP contribution in [0.4, 0.5) is 5.82 Å². The molecule has 0 aliphatic heterocycles. The molecule has 0 unspecified atom stereocenters. The van der Waals surface area contributed by atoms with E-state index in [0.29, 0.717) is 18.1 Å². The molecule has 0 atom stereocenters. The summed E-state index contributed by atoms with van der Waals surface area (Å²) in [6, 6.07) is 2.90. The van der Waals surface area contributed by atoms with E-state index in [1.807, 2.05) is 0 Å². The Hall–Kier alpha value is -2.00. The third-order valence-corrected chi connectivity index (χ3v) is 3.81. The average molecular weight is 283 g/mol. The minimum atomic E-state index is -3.68. The van der Waals surface area contributed by atoms with Crippen molar-refractivity contribution in [2.24, 2.45) is 0 Å². The molecule has 8 nitrogen and oxygen atoms in total. The van der Waals surface area contributed by atoms with Gasteiger partial charge in [0, 0.05) is 26.1 Å². The number of anilines is 1. The van der Waals surface area contributed by atoms with Gasteiger partial charge in [-0.15, -0.1) is 0 Å². The van der Waals surface area contributed by atoms with Crippen LogP contribution in [0.3, 0.4) is 0 Å². The SMILES string of the molecule is Cc1nc(CCNS(=O)(=O)c2cccnc2N)no1. The quantitative estimate of drug-likeness (QED) is 0.783. The zero-order valence-corrected chi connectivity index (χ0v) is 11.0. The molecule has 0 saturated heterocycles. The molecule has 0 aliphatic rings. The van der Waals surface area contributed by atoms with Crippen LogP contribution in [-0.4, -0.2) is 30.1 Å². The molecule has 102 valence electrons. The number of rotatable bonds is 5. The molecule has 0 bridgehead atoms. The maximum Gasteiger partial charge on any atom is 0.244 e. The Morgan fingerprint density at radius 3 is 2.89 bits per heavy atom. The maximum absolute atomic E-state index is 12.0. The summed E-state index contributed by atoms with van der Waals surface area (Å²) in [5.41, 5.74) is 5.52. The average Bonchev–Trinajstić information content (AvgIpc) is 2.75. The van der Waals surface area contributed by atoms with Crippen LogP contribution in [0, 0.1) is 6.92 Å². The fraction of sp³-hybridized carbons (Fsp3) is 0.300. The third-order valence-electron chi connectivity index (χ3n) is 2.30. The molecule has 9 heteroatoms. The smallest absolute Gasteiger partial charge is 0.244 e. The van der Waals surface area contributed by atoms with Crippen LogP contribution < -0.4 is 10.5 Å². The largest absolute Gasteiger partial charge is 0.383 e. The van der Waals surface area contributed by atoms with Gasteiger partial charge in [-0.2, -0.15) is 4.98 Å². The molecule has 2 heterocycles. The van der Waals surface area contributed by atoms with Gasteiger partial charge in [-0.25, -0.2) is 18.1 Å². The van der Waals surface area contributed by atoms with Crippen molar-refractivity contribution in [3.63, 3.8) is 0 Å². The van der Waals surface area contributed by atoms with Gasteiger partial charge in [-0.1, -0.05) is 5.16 Å². The third kappa shape index (κ3) is 3.26. The molecule has 2 rings (SSSR count). The van der Waals surface area contributed by atoms with Crippen molar-refractivity contribution in [1.82, 2.24) is 19.8 Å². The molecule has 0 aromatic carbocycles. The standard InChI is InChI=1S/C10H13N5O3S/c1-7-14-9(15-18-7)4-6-13-19(16,17)8-3-2-5-12-10(8)11/h2-3,5,13H,4,6H2,1H3,(H2,11,12). The minimum absolute atomic E-state index is 0.0367. The van der Waals surface area contributed by atoms with Crippen molar-refractivity contribution in [3.8, 4) is 0 Å². The Morgan fingerprint density at radius 2 is 2.26 bits per heavy atom. The van der Waals surface area contributed by atoms with Crippen LogP contribution in [0.25, 0.3) is 0 Å². The second kappa shape index (κ2) is 5.33. The first-order valence-corrected chi connectivity index (χ1v) is 6.97. The molecule has 0 radical (unpaired) electrons. The summed E-state index contributed by atoms with van der Waals surface area (Å²) in [6.07, 6.45) is 1.76. The van der Waals surface area contributed by atoms with Gasteiger partial charge in [0.15, 0.2) is 5.82 Å². The highest BCUT2D eigenvalue weighted by Gasteiger charge is 2.17. The molecule has 0 aliphatic carbocycles. The lowest BCUT2D eigenvalue weighted by Crippen LogP contribution is -2.27. The summed E-state index contributed by atoms with van der Waals surface area (Å²) in [5.74, 6) is 0.846. The number of nitrogens with zero attached hydrogens (tertiary/aromatic N) is 3. The fourth-order valence-electron chi connectivity index (χ4n) is 1.45. The van der Waals surface area contributed by atoms with Gasteiger partial charge in [0.2, 0.25) is 15.9 Å². The lowest BCUT2D eigenvalue weighted by molar-refractivity contribution is 0.387. The van der Waals surface area contributed by atoms with Crippen LogP contribution in [0.1, 0.15) is 11.7 Å². The van der Waals surface area contributed by atoms with Crippen LogP contribution in [0.2, 0.25) is 0 Å². The van der Waals surface area contributed by atoms with Crippen LogP contribution >= 0.6 is 0 Å². The lowest BCUT2D eigenvalue weighted by atomic mass is 10.4. The highest BCUT2D eigenvalue weighted by Crippen LogP contribution is 2.13. The Morgan fingerprint density at radius 1 is 1.47 bits per heavy atom. The van der Waals surface area contributed by atoms with Gasteiger partial charge in [-0.3, -0.25) is 0 Å². The van der Waals surface area contributed by atoms with Gasteiger partial charge in [0.25, 0.3) is 0 Å². The maximum atomic E-state index is 12.0. The number of hydrogen-bond donors (Lipinski definition) is 2. The predicted molar refractivity (Wildman–Crippen MR) is 66.6 cm³/mol. The van der Waals surface area contributed by atoms with E-state index in [1.54, 1.807) is 6.92 Å². The van der Waals surface area contributed by atoms with Crippen LogP contribution in [-0.2, 0) is 16.4 Å². The summed E-state index contributed by atoms with van der Waals surface area (Å²) in [4.78, 5) is 7.66. The number of aromatic nitrogens is 3. The number of sulfonamides is 1. The summed E-state index contributed by atoms with van der Waals surface area (Å²) in [7, 11) is -3.68. The van der Waals surface area contributed by atoms with E-state index in [2.05, 4.69) is 19.8 Å². The summed E-state index contributed by atoms with van der Waals surface area (Å²) < 4.78 is 31.1. The Balaban J connectivity index is 2.01. The van der Waals surface area contributed by atoms with Crippen LogP contribution in [0.5, 0.6) is 0 Å². The van der Waals surface area contributed by atoms with E-state index in [4.69, 9.17) is 10.3 Å². The fourth-order valence-corrected chi connectivity index (χ4v) is 2.56. The second-order valence-electron chi connectivity index (χ2n) is 3.76. The van der Waals surface area contributed by atoms with Crippen molar-refractivity contribution in [2.75, 3.05) is 12.3 Å². The number of nitrogen functional groups attached to an aromatic ring is 1. The molecule has 0 fully saturated rings. The predicted octanol–water partition coefficient (Wildman–Crippen LogP) is -0.124. The van der Waals surface area contributed by atoms with Crippen molar-refractivity contribution in [3.05, 3.63) is 30.0 Å². The zero-order chi connectivity index (χ0) is 13.9. The van der Waals surface area contributed by atoms with Gasteiger partial charge in [-0.05, 0) is 12.1 Å². The topological polar surface area (TPSA) is 124 Å². The molecular weight excluding hydrogens is 270 g/mol. The molecule has 0 saturated carbocycles. The van der Waals surface area contributed by atoms with E-state index >= 15 is 0 Å². The molecular formula is C10H13N5O3S.